The van der Waals surface area contributed by atoms with E-state index in [1.165, 1.54) is 0 Å². The number of hydrogen-bond donors (Lipinski definition) is 2. The summed E-state index contributed by atoms with van der Waals surface area (Å²) in [6, 6.07) is 5.15. The fourth-order valence-electron chi connectivity index (χ4n) is 2.05. The Balaban J connectivity index is 2.08. The minimum absolute atomic E-state index is 0.226. The lowest BCUT2D eigenvalue weighted by molar-refractivity contribution is 0.0946. The molecule has 0 radical (unpaired) electrons. The molecule has 23 heavy (non-hydrogen) atoms. The number of carbonyl (C=O) groups excluding carboxylic acids is 1. The number of rotatable bonds is 8. The van der Waals surface area contributed by atoms with Crippen LogP contribution in [0.1, 0.15) is 22.3 Å². The van der Waals surface area contributed by atoms with Gasteiger partial charge in [-0.15, -0.1) is 0 Å². The number of ether oxygens (including phenoxy) is 2. The van der Waals surface area contributed by atoms with Gasteiger partial charge in [-0.2, -0.15) is 5.10 Å². The lowest BCUT2D eigenvalue weighted by Crippen LogP contribution is -2.23. The summed E-state index contributed by atoms with van der Waals surface area (Å²) < 4.78 is 12.5. The fraction of sp³-hybridized carbons (Fsp3) is 0.375. The molecule has 2 aromatic rings. The predicted molar refractivity (Wildman–Crippen MR) is 86.5 cm³/mol. The number of nitrogens with one attached hydrogen (secondary N) is 1. The molecule has 0 aliphatic heterocycles. The number of nitrogens with zero attached hydrogens (tertiary/aromatic N) is 2. The largest absolute Gasteiger partial charge is 0.497 e. The Labute approximate surface area is 135 Å². The highest BCUT2D eigenvalue weighted by atomic mass is 16.5. The molecular formula is C16H22N4O3. The van der Waals surface area contributed by atoms with Crippen LogP contribution in [-0.4, -0.2) is 35.9 Å². The predicted octanol–water partition coefficient (Wildman–Crippen LogP) is 1.09. The second-order valence-electron chi connectivity index (χ2n) is 5.06. The highest BCUT2D eigenvalue weighted by Gasteiger charge is 2.14. The molecule has 1 aromatic heterocycles. The van der Waals surface area contributed by atoms with Crippen molar-refractivity contribution < 1.29 is 14.3 Å². The van der Waals surface area contributed by atoms with Gasteiger partial charge in [0, 0.05) is 25.4 Å². The van der Waals surface area contributed by atoms with Crippen molar-refractivity contribution in [3.63, 3.8) is 0 Å². The first-order chi connectivity index (χ1) is 11.1. The average molecular weight is 318 g/mol. The average Bonchev–Trinajstić information content (AvgIpc) is 2.98. The van der Waals surface area contributed by atoms with Crippen LogP contribution in [0.25, 0.3) is 0 Å². The van der Waals surface area contributed by atoms with E-state index in [0.717, 1.165) is 12.0 Å². The van der Waals surface area contributed by atoms with Crippen molar-refractivity contribution in [1.29, 1.82) is 0 Å². The quantitative estimate of drug-likeness (QED) is 0.711. The molecule has 0 aliphatic carbocycles. The maximum Gasteiger partial charge on any atom is 0.255 e. The Morgan fingerprint density at radius 3 is 2.91 bits per heavy atom. The van der Waals surface area contributed by atoms with Gasteiger partial charge in [-0.1, -0.05) is 0 Å². The van der Waals surface area contributed by atoms with Crippen molar-refractivity contribution in [2.75, 3.05) is 20.3 Å². The summed E-state index contributed by atoms with van der Waals surface area (Å²) in [7, 11) is 3.39. The third kappa shape index (κ3) is 4.72. The van der Waals surface area contributed by atoms with Crippen molar-refractivity contribution in [1.82, 2.24) is 15.1 Å². The summed E-state index contributed by atoms with van der Waals surface area (Å²) in [6.45, 7) is 1.40. The van der Waals surface area contributed by atoms with E-state index in [9.17, 15) is 4.79 Å². The normalized spacial score (nSPS) is 10.4. The molecule has 0 aliphatic rings. The molecule has 1 aromatic carbocycles. The molecule has 1 amide bonds. The number of amides is 1. The highest BCUT2D eigenvalue weighted by molar-refractivity contribution is 5.97. The summed E-state index contributed by atoms with van der Waals surface area (Å²) in [4.78, 5) is 12.4. The number of aromatic nitrogens is 2. The van der Waals surface area contributed by atoms with Gasteiger partial charge >= 0.3 is 0 Å². The first-order valence-electron chi connectivity index (χ1n) is 7.40. The molecule has 0 unspecified atom stereocenters. The number of carbonyl (C=O) groups is 1. The SMILES string of the molecule is COc1ccc(OCCCN)c(C(=O)NCc2cnn(C)c2)c1. The topological polar surface area (TPSA) is 91.4 Å². The van der Waals surface area contributed by atoms with Crippen molar-refractivity contribution in [2.24, 2.45) is 12.8 Å². The van der Waals surface area contributed by atoms with Gasteiger partial charge in [-0.3, -0.25) is 9.48 Å². The van der Waals surface area contributed by atoms with Gasteiger partial charge in [0.1, 0.15) is 11.5 Å². The van der Waals surface area contributed by atoms with Crippen molar-refractivity contribution >= 4 is 5.91 Å². The number of methoxy groups -OCH3 is 1. The maximum absolute atomic E-state index is 12.4. The van der Waals surface area contributed by atoms with Crippen LogP contribution >= 0.6 is 0 Å². The number of hydrogen-bond acceptors (Lipinski definition) is 5. The molecule has 7 nitrogen and oxygen atoms in total. The zero-order valence-electron chi connectivity index (χ0n) is 13.4. The van der Waals surface area contributed by atoms with Crippen LogP contribution in [0, 0.1) is 0 Å². The molecule has 0 atom stereocenters. The Hall–Kier alpha value is -2.54. The Bertz CT molecular complexity index is 655. The molecule has 0 saturated heterocycles. The summed E-state index contributed by atoms with van der Waals surface area (Å²) in [5.41, 5.74) is 6.82. The lowest BCUT2D eigenvalue weighted by Gasteiger charge is -2.12. The van der Waals surface area contributed by atoms with Gasteiger partial charge in [0.05, 0.1) is 25.5 Å². The molecule has 0 saturated carbocycles. The van der Waals surface area contributed by atoms with E-state index in [1.54, 1.807) is 36.2 Å². The molecule has 124 valence electrons. The number of benzene rings is 1. The molecular weight excluding hydrogens is 296 g/mol. The zero-order valence-corrected chi connectivity index (χ0v) is 13.4. The van der Waals surface area contributed by atoms with E-state index >= 15 is 0 Å². The molecule has 7 heteroatoms. The number of aryl methyl sites for hydroxylation is 1. The first kappa shape index (κ1) is 16.8. The molecule has 0 bridgehead atoms. The maximum atomic E-state index is 12.4. The van der Waals surface area contributed by atoms with E-state index in [1.807, 2.05) is 13.2 Å². The Kier molecular flexibility index (Phi) is 5.99. The summed E-state index contributed by atoms with van der Waals surface area (Å²) in [5.74, 6) is 0.890. The Morgan fingerprint density at radius 1 is 1.43 bits per heavy atom. The molecule has 0 spiro atoms. The van der Waals surface area contributed by atoms with Crippen molar-refractivity contribution in [3.8, 4) is 11.5 Å². The van der Waals surface area contributed by atoms with Gasteiger partial charge in [-0.05, 0) is 31.2 Å². The third-order valence-electron chi connectivity index (χ3n) is 3.25. The smallest absolute Gasteiger partial charge is 0.255 e. The molecule has 2 rings (SSSR count). The standard InChI is InChI=1S/C16H22N4O3/c1-20-11-12(10-19-20)9-18-16(21)14-8-13(22-2)4-5-15(14)23-7-3-6-17/h4-5,8,10-11H,3,6-7,9,17H2,1-2H3,(H,18,21). The van der Waals surface area contributed by atoms with Crippen LogP contribution in [0.5, 0.6) is 11.5 Å². The lowest BCUT2D eigenvalue weighted by atomic mass is 10.1. The number of nitrogens with two attached hydrogens (primary N) is 1. The van der Waals surface area contributed by atoms with Crippen molar-refractivity contribution in [3.05, 3.63) is 41.7 Å². The zero-order chi connectivity index (χ0) is 16.7. The van der Waals surface area contributed by atoms with Crippen molar-refractivity contribution in [2.45, 2.75) is 13.0 Å². The monoisotopic (exact) mass is 318 g/mol. The van der Waals surface area contributed by atoms with Gasteiger partial charge in [0.15, 0.2) is 0 Å². The van der Waals surface area contributed by atoms with Crippen LogP contribution in [0.3, 0.4) is 0 Å². The highest BCUT2D eigenvalue weighted by Crippen LogP contribution is 2.24. The van der Waals surface area contributed by atoms with E-state index in [4.69, 9.17) is 15.2 Å². The summed E-state index contributed by atoms with van der Waals surface area (Å²) in [5, 5.41) is 6.93. The van der Waals surface area contributed by atoms with Crippen LogP contribution in [-0.2, 0) is 13.6 Å². The molecule has 3 N–H and O–H groups in total. The van der Waals surface area contributed by atoms with Crippen LogP contribution in [0.15, 0.2) is 30.6 Å². The summed E-state index contributed by atoms with van der Waals surface area (Å²) >= 11 is 0. The summed E-state index contributed by atoms with van der Waals surface area (Å²) in [6.07, 6.45) is 4.29. The van der Waals surface area contributed by atoms with E-state index in [-0.39, 0.29) is 5.91 Å². The van der Waals surface area contributed by atoms with E-state index in [2.05, 4.69) is 10.4 Å². The molecule has 0 fully saturated rings. The van der Waals surface area contributed by atoms with E-state index in [0.29, 0.717) is 36.8 Å². The second kappa shape index (κ2) is 8.19. The van der Waals surface area contributed by atoms with Crippen LogP contribution < -0.4 is 20.5 Å². The second-order valence-corrected chi connectivity index (χ2v) is 5.06. The minimum Gasteiger partial charge on any atom is -0.497 e. The van der Waals surface area contributed by atoms with Crippen LogP contribution in [0.4, 0.5) is 0 Å². The molecule has 1 heterocycles. The fourth-order valence-corrected chi connectivity index (χ4v) is 2.05. The van der Waals surface area contributed by atoms with Gasteiger partial charge < -0.3 is 20.5 Å². The Morgan fingerprint density at radius 2 is 2.26 bits per heavy atom. The van der Waals surface area contributed by atoms with Gasteiger partial charge in [-0.25, -0.2) is 0 Å². The first-order valence-corrected chi connectivity index (χ1v) is 7.40. The van der Waals surface area contributed by atoms with Gasteiger partial charge in [0.2, 0.25) is 0 Å². The van der Waals surface area contributed by atoms with E-state index < -0.39 is 0 Å². The van der Waals surface area contributed by atoms with Gasteiger partial charge in [0.25, 0.3) is 5.91 Å². The van der Waals surface area contributed by atoms with Crippen LogP contribution in [0.2, 0.25) is 0 Å². The minimum atomic E-state index is -0.226. The third-order valence-corrected chi connectivity index (χ3v) is 3.25.